The summed E-state index contributed by atoms with van der Waals surface area (Å²) in [6.45, 7) is 5.47. The molecule has 0 spiro atoms. The Morgan fingerprint density at radius 3 is 2.85 bits per heavy atom. The van der Waals surface area contributed by atoms with Crippen LogP contribution in [0.1, 0.15) is 44.1 Å². The zero-order valence-corrected chi connectivity index (χ0v) is 13.6. The van der Waals surface area contributed by atoms with Crippen molar-refractivity contribution in [1.29, 1.82) is 0 Å². The molecule has 1 aromatic rings. The zero-order chi connectivity index (χ0) is 14.2. The Hall–Kier alpha value is -0.800. The minimum absolute atomic E-state index is 0.750. The van der Waals surface area contributed by atoms with Gasteiger partial charge in [-0.05, 0) is 72.2 Å². The maximum Gasteiger partial charge on any atom is 0.133 e. The van der Waals surface area contributed by atoms with Crippen LogP contribution in [0.5, 0.6) is 5.75 Å². The van der Waals surface area contributed by atoms with E-state index in [0.29, 0.717) is 0 Å². The van der Waals surface area contributed by atoms with Crippen molar-refractivity contribution in [3.8, 4) is 5.75 Å². The normalized spacial score (nSPS) is 14.2. The Labute approximate surface area is 130 Å². The number of ether oxygens (including phenoxy) is 1. The van der Waals surface area contributed by atoms with Gasteiger partial charge >= 0.3 is 0 Å². The Balaban J connectivity index is 1.69. The summed E-state index contributed by atoms with van der Waals surface area (Å²) in [5.74, 6) is 0.948. The second kappa shape index (κ2) is 8.48. The Morgan fingerprint density at radius 2 is 2.15 bits per heavy atom. The highest BCUT2D eigenvalue weighted by Crippen LogP contribution is 2.27. The first kappa shape index (κ1) is 15.6. The minimum Gasteiger partial charge on any atom is -0.492 e. The summed E-state index contributed by atoms with van der Waals surface area (Å²) in [4.78, 5) is 0. The summed E-state index contributed by atoms with van der Waals surface area (Å²) < 4.78 is 6.87. The fourth-order valence-corrected chi connectivity index (χ4v) is 2.61. The zero-order valence-electron chi connectivity index (χ0n) is 12.0. The summed E-state index contributed by atoms with van der Waals surface area (Å²) in [5.41, 5.74) is 1.31. The van der Waals surface area contributed by atoms with Gasteiger partial charge < -0.3 is 10.1 Å². The van der Waals surface area contributed by atoms with E-state index in [1.807, 2.05) is 6.08 Å². The third kappa shape index (κ3) is 5.68. The first-order valence-corrected chi connectivity index (χ1v) is 8.34. The van der Waals surface area contributed by atoms with E-state index in [1.165, 1.54) is 31.2 Å². The summed E-state index contributed by atoms with van der Waals surface area (Å²) in [5, 5.41) is 3.52. The predicted molar refractivity (Wildman–Crippen MR) is 88.2 cm³/mol. The topological polar surface area (TPSA) is 21.3 Å². The van der Waals surface area contributed by atoms with Gasteiger partial charge in [-0.15, -0.1) is 6.58 Å². The molecule has 1 aliphatic carbocycles. The lowest BCUT2D eigenvalue weighted by Gasteiger charge is -2.10. The van der Waals surface area contributed by atoms with Crippen molar-refractivity contribution in [2.24, 2.45) is 0 Å². The van der Waals surface area contributed by atoms with Gasteiger partial charge in [-0.1, -0.05) is 12.1 Å². The van der Waals surface area contributed by atoms with E-state index in [-0.39, 0.29) is 0 Å². The van der Waals surface area contributed by atoms with Crippen molar-refractivity contribution in [3.05, 3.63) is 40.9 Å². The highest BCUT2D eigenvalue weighted by Gasteiger charge is 2.19. The van der Waals surface area contributed by atoms with Crippen LogP contribution in [-0.2, 0) is 6.54 Å². The maximum atomic E-state index is 5.82. The van der Waals surface area contributed by atoms with Crippen LogP contribution in [0.2, 0.25) is 0 Å². The summed E-state index contributed by atoms with van der Waals surface area (Å²) in [7, 11) is 0. The highest BCUT2D eigenvalue weighted by atomic mass is 79.9. The summed E-state index contributed by atoms with van der Waals surface area (Å²) >= 11 is 3.60. The number of unbranched alkanes of at least 4 members (excludes halogenated alkanes) is 3. The molecule has 0 amide bonds. The lowest BCUT2D eigenvalue weighted by Crippen LogP contribution is -2.15. The molecule has 0 unspecified atom stereocenters. The molecule has 1 fully saturated rings. The highest BCUT2D eigenvalue weighted by molar-refractivity contribution is 9.10. The molecule has 0 bridgehead atoms. The smallest absolute Gasteiger partial charge is 0.133 e. The first-order chi connectivity index (χ1) is 9.79. The quantitative estimate of drug-likeness (QED) is 0.487. The number of nitrogens with one attached hydrogen (secondary N) is 1. The molecule has 0 atom stereocenters. The SMILES string of the molecule is C=CCCCCCOc1ccc(CNC2CC2)cc1Br. The minimum atomic E-state index is 0.750. The van der Waals surface area contributed by atoms with Crippen LogP contribution in [0.25, 0.3) is 0 Å². The van der Waals surface area contributed by atoms with E-state index in [0.717, 1.165) is 42.3 Å². The third-order valence-electron chi connectivity index (χ3n) is 3.48. The molecule has 0 aliphatic heterocycles. The second-order valence-corrected chi connectivity index (χ2v) is 6.26. The number of benzene rings is 1. The fourth-order valence-electron chi connectivity index (χ4n) is 2.07. The molecule has 0 aromatic heterocycles. The van der Waals surface area contributed by atoms with Crippen LogP contribution in [0.4, 0.5) is 0 Å². The number of hydrogen-bond acceptors (Lipinski definition) is 2. The van der Waals surface area contributed by atoms with E-state index in [4.69, 9.17) is 4.74 Å². The number of rotatable bonds is 10. The predicted octanol–water partition coefficient (Wildman–Crippen LogP) is 4.83. The molecule has 1 aliphatic rings. The standard InChI is InChI=1S/C17H24BrNO/c1-2-3-4-5-6-11-20-17-10-7-14(12-16(17)18)13-19-15-8-9-15/h2,7,10,12,15,19H,1,3-6,8-9,11,13H2. The lowest BCUT2D eigenvalue weighted by atomic mass is 10.2. The van der Waals surface area contributed by atoms with E-state index in [2.05, 4.69) is 46.0 Å². The van der Waals surface area contributed by atoms with Crippen molar-refractivity contribution in [1.82, 2.24) is 5.32 Å². The van der Waals surface area contributed by atoms with Crippen LogP contribution in [-0.4, -0.2) is 12.6 Å². The van der Waals surface area contributed by atoms with Gasteiger partial charge in [0.2, 0.25) is 0 Å². The largest absolute Gasteiger partial charge is 0.492 e. The van der Waals surface area contributed by atoms with E-state index < -0.39 is 0 Å². The fraction of sp³-hybridized carbons (Fsp3) is 0.529. The van der Waals surface area contributed by atoms with Gasteiger partial charge in [0.1, 0.15) is 5.75 Å². The third-order valence-corrected chi connectivity index (χ3v) is 4.10. The molecule has 1 saturated carbocycles. The van der Waals surface area contributed by atoms with Gasteiger partial charge in [-0.3, -0.25) is 0 Å². The van der Waals surface area contributed by atoms with E-state index >= 15 is 0 Å². The summed E-state index contributed by atoms with van der Waals surface area (Å²) in [6, 6.07) is 7.12. The maximum absolute atomic E-state index is 5.82. The van der Waals surface area contributed by atoms with Gasteiger partial charge in [0.15, 0.2) is 0 Å². The van der Waals surface area contributed by atoms with Crippen LogP contribution in [0.3, 0.4) is 0 Å². The molecule has 110 valence electrons. The first-order valence-electron chi connectivity index (χ1n) is 7.55. The lowest BCUT2D eigenvalue weighted by molar-refractivity contribution is 0.303. The molecule has 3 heteroatoms. The van der Waals surface area contributed by atoms with Crippen molar-refractivity contribution >= 4 is 15.9 Å². The molecule has 1 aromatic carbocycles. The molecule has 0 radical (unpaired) electrons. The molecule has 0 heterocycles. The molecular weight excluding hydrogens is 314 g/mol. The van der Waals surface area contributed by atoms with Gasteiger partial charge in [0.25, 0.3) is 0 Å². The van der Waals surface area contributed by atoms with Gasteiger partial charge in [-0.2, -0.15) is 0 Å². The Kier molecular flexibility index (Phi) is 6.61. The summed E-state index contributed by atoms with van der Waals surface area (Å²) in [6.07, 6.45) is 9.25. The van der Waals surface area contributed by atoms with Crippen molar-refractivity contribution < 1.29 is 4.74 Å². The molecular formula is C17H24BrNO. The number of allylic oxidation sites excluding steroid dienone is 1. The Morgan fingerprint density at radius 1 is 1.30 bits per heavy atom. The molecule has 0 saturated heterocycles. The van der Waals surface area contributed by atoms with Crippen molar-refractivity contribution in [3.63, 3.8) is 0 Å². The van der Waals surface area contributed by atoms with Gasteiger partial charge in [0, 0.05) is 12.6 Å². The average molecular weight is 338 g/mol. The monoisotopic (exact) mass is 337 g/mol. The number of hydrogen-bond donors (Lipinski definition) is 1. The van der Waals surface area contributed by atoms with Crippen LogP contribution < -0.4 is 10.1 Å². The number of halogens is 1. The van der Waals surface area contributed by atoms with Crippen LogP contribution in [0, 0.1) is 0 Å². The van der Waals surface area contributed by atoms with Crippen molar-refractivity contribution in [2.45, 2.75) is 51.1 Å². The average Bonchev–Trinajstić information content (AvgIpc) is 3.26. The molecule has 20 heavy (non-hydrogen) atoms. The second-order valence-electron chi connectivity index (χ2n) is 5.41. The van der Waals surface area contributed by atoms with Crippen LogP contribution >= 0.6 is 15.9 Å². The molecule has 2 rings (SSSR count). The van der Waals surface area contributed by atoms with Crippen molar-refractivity contribution in [2.75, 3.05) is 6.61 Å². The van der Waals surface area contributed by atoms with Gasteiger partial charge in [-0.25, -0.2) is 0 Å². The Bertz CT molecular complexity index is 429. The van der Waals surface area contributed by atoms with Crippen LogP contribution in [0.15, 0.2) is 35.3 Å². The van der Waals surface area contributed by atoms with E-state index in [9.17, 15) is 0 Å². The van der Waals surface area contributed by atoms with Gasteiger partial charge in [0.05, 0.1) is 11.1 Å². The molecule has 1 N–H and O–H groups in total. The molecule has 2 nitrogen and oxygen atoms in total. The van der Waals surface area contributed by atoms with E-state index in [1.54, 1.807) is 0 Å².